The van der Waals surface area contributed by atoms with Crippen LogP contribution in [0.15, 0.2) is 0 Å². The predicted molar refractivity (Wildman–Crippen MR) is 71.9 cm³/mol. The van der Waals surface area contributed by atoms with Crippen LogP contribution in [0.2, 0.25) is 0 Å². The summed E-state index contributed by atoms with van der Waals surface area (Å²) in [7, 11) is 0. The molecule has 110 valence electrons. The first-order chi connectivity index (χ1) is 8.97. The minimum Gasteiger partial charge on any atom is -0.481 e. The number of ether oxygens (including phenoxy) is 1. The van der Waals surface area contributed by atoms with Crippen molar-refractivity contribution in [3.8, 4) is 0 Å². The number of carbonyl (C=O) groups excluding carboxylic acids is 1. The molecule has 1 fully saturated rings. The molecule has 0 radical (unpaired) electrons. The number of hydrogen-bond acceptors (Lipinski definition) is 3. The number of carbonyl (C=O) groups is 2. The molecule has 0 saturated heterocycles. The molecule has 0 aliphatic heterocycles. The minimum atomic E-state index is -0.808. The lowest BCUT2D eigenvalue weighted by Crippen LogP contribution is -2.39. The third-order valence-electron chi connectivity index (χ3n) is 3.71. The van der Waals surface area contributed by atoms with Crippen molar-refractivity contribution in [3.63, 3.8) is 0 Å². The summed E-state index contributed by atoms with van der Waals surface area (Å²) >= 11 is 0. The predicted octanol–water partition coefficient (Wildman–Crippen LogP) is 1.95. The van der Waals surface area contributed by atoms with E-state index >= 15 is 0 Å². The van der Waals surface area contributed by atoms with Gasteiger partial charge in [0.05, 0.1) is 13.0 Å². The standard InChI is InChI=1S/C14H25NO4/c1-3-19-10-11(2)15-12(16)8-14(9-13(17)18)6-4-5-7-14/h11H,3-10H2,1-2H3,(H,15,16)(H,17,18). The molecular formula is C14H25NO4. The van der Waals surface area contributed by atoms with Crippen LogP contribution in [-0.2, 0) is 14.3 Å². The molecule has 1 aliphatic rings. The van der Waals surface area contributed by atoms with Crippen molar-refractivity contribution in [2.75, 3.05) is 13.2 Å². The number of carboxylic acids is 1. The van der Waals surface area contributed by atoms with E-state index in [-0.39, 0.29) is 23.8 Å². The van der Waals surface area contributed by atoms with E-state index in [9.17, 15) is 9.59 Å². The molecule has 1 atom stereocenters. The van der Waals surface area contributed by atoms with E-state index in [2.05, 4.69) is 5.32 Å². The number of amides is 1. The Morgan fingerprint density at radius 3 is 2.47 bits per heavy atom. The first-order valence-electron chi connectivity index (χ1n) is 7.06. The zero-order valence-electron chi connectivity index (χ0n) is 11.9. The number of hydrogen-bond donors (Lipinski definition) is 2. The van der Waals surface area contributed by atoms with E-state index < -0.39 is 5.97 Å². The lowest BCUT2D eigenvalue weighted by Gasteiger charge is -2.27. The molecule has 0 aromatic heterocycles. The van der Waals surface area contributed by atoms with Crippen LogP contribution in [-0.4, -0.2) is 36.2 Å². The van der Waals surface area contributed by atoms with Crippen LogP contribution in [0.25, 0.3) is 0 Å². The average molecular weight is 271 g/mol. The SMILES string of the molecule is CCOCC(C)NC(=O)CC1(CC(=O)O)CCCC1. The zero-order chi connectivity index (χ0) is 14.3. The molecule has 1 unspecified atom stereocenters. The molecule has 0 aromatic carbocycles. The summed E-state index contributed by atoms with van der Waals surface area (Å²) in [6.45, 7) is 4.93. The molecule has 1 rings (SSSR count). The van der Waals surface area contributed by atoms with E-state index in [1.807, 2.05) is 13.8 Å². The maximum absolute atomic E-state index is 12.0. The maximum Gasteiger partial charge on any atom is 0.303 e. The van der Waals surface area contributed by atoms with Crippen LogP contribution < -0.4 is 5.32 Å². The van der Waals surface area contributed by atoms with Gasteiger partial charge in [-0.25, -0.2) is 0 Å². The van der Waals surface area contributed by atoms with E-state index in [0.717, 1.165) is 25.7 Å². The Morgan fingerprint density at radius 2 is 1.95 bits per heavy atom. The summed E-state index contributed by atoms with van der Waals surface area (Å²) in [6.07, 6.45) is 4.14. The van der Waals surface area contributed by atoms with Gasteiger partial charge >= 0.3 is 5.97 Å². The molecular weight excluding hydrogens is 246 g/mol. The summed E-state index contributed by atoms with van der Waals surface area (Å²) in [6, 6.07) is -0.0317. The molecule has 0 spiro atoms. The largest absolute Gasteiger partial charge is 0.481 e. The quantitative estimate of drug-likeness (QED) is 0.707. The molecule has 19 heavy (non-hydrogen) atoms. The van der Waals surface area contributed by atoms with E-state index in [4.69, 9.17) is 9.84 Å². The molecule has 0 heterocycles. The molecule has 0 aromatic rings. The normalized spacial score (nSPS) is 19.1. The third kappa shape index (κ3) is 5.59. The second kappa shape index (κ2) is 7.48. The smallest absolute Gasteiger partial charge is 0.303 e. The van der Waals surface area contributed by atoms with Crippen molar-refractivity contribution in [3.05, 3.63) is 0 Å². The number of nitrogens with one attached hydrogen (secondary N) is 1. The first-order valence-corrected chi connectivity index (χ1v) is 7.06. The molecule has 0 bridgehead atoms. The molecule has 5 nitrogen and oxygen atoms in total. The maximum atomic E-state index is 12.0. The summed E-state index contributed by atoms with van der Waals surface area (Å²) in [5.41, 5.74) is -0.332. The van der Waals surface area contributed by atoms with Crippen LogP contribution in [0.4, 0.5) is 0 Å². The van der Waals surface area contributed by atoms with Gasteiger partial charge in [-0.15, -0.1) is 0 Å². The Hall–Kier alpha value is -1.10. The van der Waals surface area contributed by atoms with Gasteiger partial charge in [-0.1, -0.05) is 12.8 Å². The van der Waals surface area contributed by atoms with Gasteiger partial charge in [0.15, 0.2) is 0 Å². The molecule has 1 saturated carbocycles. The Morgan fingerprint density at radius 1 is 1.32 bits per heavy atom. The highest BCUT2D eigenvalue weighted by Crippen LogP contribution is 2.43. The van der Waals surface area contributed by atoms with E-state index in [0.29, 0.717) is 19.6 Å². The zero-order valence-corrected chi connectivity index (χ0v) is 11.9. The van der Waals surface area contributed by atoms with Gasteiger partial charge < -0.3 is 15.2 Å². The highest BCUT2D eigenvalue weighted by Gasteiger charge is 2.38. The van der Waals surface area contributed by atoms with Crippen molar-refractivity contribution >= 4 is 11.9 Å². The van der Waals surface area contributed by atoms with Gasteiger partial charge in [0, 0.05) is 19.1 Å². The molecule has 2 N–H and O–H groups in total. The second-order valence-electron chi connectivity index (χ2n) is 5.58. The summed E-state index contributed by atoms with van der Waals surface area (Å²) in [4.78, 5) is 23.0. The van der Waals surface area contributed by atoms with Crippen molar-refractivity contribution in [1.82, 2.24) is 5.32 Å². The fraction of sp³-hybridized carbons (Fsp3) is 0.857. The lowest BCUT2D eigenvalue weighted by atomic mass is 9.79. The van der Waals surface area contributed by atoms with Gasteiger partial charge in [-0.05, 0) is 32.1 Å². The summed E-state index contributed by atoms with van der Waals surface area (Å²) in [5, 5.41) is 11.9. The van der Waals surface area contributed by atoms with Crippen LogP contribution in [0.3, 0.4) is 0 Å². The van der Waals surface area contributed by atoms with Crippen molar-refractivity contribution in [1.29, 1.82) is 0 Å². The van der Waals surface area contributed by atoms with Gasteiger partial charge in [-0.3, -0.25) is 9.59 Å². The number of carboxylic acid groups (broad SMARTS) is 1. The summed E-state index contributed by atoms with van der Waals surface area (Å²) < 4.78 is 5.25. The second-order valence-corrected chi connectivity index (χ2v) is 5.58. The van der Waals surface area contributed by atoms with Crippen molar-refractivity contribution < 1.29 is 19.4 Å². The van der Waals surface area contributed by atoms with E-state index in [1.165, 1.54) is 0 Å². The van der Waals surface area contributed by atoms with E-state index in [1.54, 1.807) is 0 Å². The van der Waals surface area contributed by atoms with Crippen molar-refractivity contribution in [2.24, 2.45) is 5.41 Å². The van der Waals surface area contributed by atoms with Crippen LogP contribution >= 0.6 is 0 Å². The van der Waals surface area contributed by atoms with Crippen LogP contribution in [0, 0.1) is 5.41 Å². The monoisotopic (exact) mass is 271 g/mol. The Balaban J connectivity index is 2.45. The number of aliphatic carboxylic acids is 1. The van der Waals surface area contributed by atoms with Gasteiger partial charge in [0.2, 0.25) is 5.91 Å². The summed E-state index contributed by atoms with van der Waals surface area (Å²) in [5.74, 6) is -0.868. The number of rotatable bonds is 8. The van der Waals surface area contributed by atoms with Gasteiger partial charge in [0.1, 0.15) is 0 Å². The Labute approximate surface area is 114 Å². The molecule has 5 heteroatoms. The first kappa shape index (κ1) is 16.0. The fourth-order valence-corrected chi connectivity index (χ4v) is 2.86. The lowest BCUT2D eigenvalue weighted by molar-refractivity contribution is -0.140. The fourth-order valence-electron chi connectivity index (χ4n) is 2.86. The third-order valence-corrected chi connectivity index (χ3v) is 3.71. The minimum absolute atomic E-state index is 0.0317. The van der Waals surface area contributed by atoms with Gasteiger partial charge in [0.25, 0.3) is 0 Å². The highest BCUT2D eigenvalue weighted by molar-refractivity contribution is 5.78. The highest BCUT2D eigenvalue weighted by atomic mass is 16.5. The average Bonchev–Trinajstić information content (AvgIpc) is 2.73. The Kier molecular flexibility index (Phi) is 6.28. The van der Waals surface area contributed by atoms with Crippen LogP contribution in [0.1, 0.15) is 52.4 Å². The van der Waals surface area contributed by atoms with Gasteiger partial charge in [-0.2, -0.15) is 0 Å². The molecule has 1 aliphatic carbocycles. The van der Waals surface area contributed by atoms with Crippen LogP contribution in [0.5, 0.6) is 0 Å². The topological polar surface area (TPSA) is 75.6 Å². The Bertz CT molecular complexity index is 311. The molecule has 1 amide bonds. The van der Waals surface area contributed by atoms with Crippen molar-refractivity contribution in [2.45, 2.75) is 58.4 Å².